The van der Waals surface area contributed by atoms with Crippen LogP contribution in [-0.4, -0.2) is 40.2 Å². The molecule has 1 atom stereocenters. The van der Waals surface area contributed by atoms with E-state index < -0.39 is 5.97 Å². The second kappa shape index (κ2) is 8.44. The number of hydrogen-bond donors (Lipinski definition) is 1. The van der Waals surface area contributed by atoms with E-state index in [0.717, 1.165) is 31.6 Å². The maximum atomic E-state index is 12.3. The van der Waals surface area contributed by atoms with Gasteiger partial charge in [0.05, 0.1) is 5.75 Å². The number of hydrogen-bond acceptors (Lipinski definition) is 4. The number of amides is 1. The Morgan fingerprint density at radius 3 is 3.00 bits per heavy atom. The topological polar surface area (TPSA) is 57.6 Å². The Balaban J connectivity index is 1.78. The highest BCUT2D eigenvalue weighted by Gasteiger charge is 2.26. The lowest BCUT2D eigenvalue weighted by Crippen LogP contribution is -2.44. The molecule has 0 aliphatic carbocycles. The Bertz CT molecular complexity index is 461. The lowest BCUT2D eigenvalue weighted by Gasteiger charge is -2.35. The average molecular weight is 327 g/mol. The minimum atomic E-state index is -0.778. The van der Waals surface area contributed by atoms with Crippen LogP contribution in [0, 0.1) is 0 Å². The predicted molar refractivity (Wildman–Crippen MR) is 86.7 cm³/mol. The maximum absolute atomic E-state index is 12.3. The van der Waals surface area contributed by atoms with Gasteiger partial charge in [-0.3, -0.25) is 9.59 Å². The van der Waals surface area contributed by atoms with Gasteiger partial charge in [0.25, 0.3) is 0 Å². The molecule has 4 nitrogen and oxygen atoms in total. The van der Waals surface area contributed by atoms with Crippen molar-refractivity contribution in [3.63, 3.8) is 0 Å². The van der Waals surface area contributed by atoms with Crippen molar-refractivity contribution < 1.29 is 14.7 Å². The first kappa shape index (κ1) is 16.4. The number of carboxylic acids is 1. The molecule has 21 heavy (non-hydrogen) atoms. The van der Waals surface area contributed by atoms with Gasteiger partial charge in [-0.15, -0.1) is 23.1 Å². The molecular weight excluding hydrogens is 306 g/mol. The van der Waals surface area contributed by atoms with Gasteiger partial charge < -0.3 is 10.0 Å². The summed E-state index contributed by atoms with van der Waals surface area (Å²) >= 11 is 3.35. The average Bonchev–Trinajstić information content (AvgIpc) is 2.98. The summed E-state index contributed by atoms with van der Waals surface area (Å²) in [6, 6.07) is 4.22. The lowest BCUT2D eigenvalue weighted by molar-refractivity contribution is -0.139. The summed E-state index contributed by atoms with van der Waals surface area (Å²) in [6.07, 6.45) is 3.80. The van der Waals surface area contributed by atoms with Crippen molar-refractivity contribution in [3.8, 4) is 0 Å². The predicted octanol–water partition coefficient (Wildman–Crippen LogP) is 3.23. The van der Waals surface area contributed by atoms with E-state index in [0.29, 0.717) is 12.2 Å². The second-order valence-corrected chi connectivity index (χ2v) is 7.26. The summed E-state index contributed by atoms with van der Waals surface area (Å²) in [7, 11) is 0. The van der Waals surface area contributed by atoms with Crippen LogP contribution in [0.1, 0.15) is 37.0 Å². The lowest BCUT2D eigenvalue weighted by atomic mass is 9.98. The molecule has 2 heterocycles. The molecule has 1 unspecified atom stereocenters. The molecule has 2 rings (SSSR count). The van der Waals surface area contributed by atoms with Crippen LogP contribution in [0.4, 0.5) is 0 Å². The molecule has 1 fully saturated rings. The number of rotatable bonds is 7. The smallest absolute Gasteiger partial charge is 0.303 e. The zero-order chi connectivity index (χ0) is 15.1. The number of thiophene rings is 1. The fraction of sp³-hybridized carbons (Fsp3) is 0.600. The minimum absolute atomic E-state index is 0.115. The van der Waals surface area contributed by atoms with Crippen LogP contribution in [0.3, 0.4) is 0 Å². The quantitative estimate of drug-likeness (QED) is 0.835. The fourth-order valence-corrected chi connectivity index (χ4v) is 4.39. The van der Waals surface area contributed by atoms with Crippen LogP contribution in [0.5, 0.6) is 0 Å². The summed E-state index contributed by atoms with van der Waals surface area (Å²) < 4.78 is 0. The van der Waals surface area contributed by atoms with Crippen LogP contribution < -0.4 is 0 Å². The van der Waals surface area contributed by atoms with Crippen LogP contribution >= 0.6 is 23.1 Å². The van der Waals surface area contributed by atoms with Gasteiger partial charge in [-0.1, -0.05) is 6.07 Å². The highest BCUT2D eigenvalue weighted by atomic mass is 32.2. The maximum Gasteiger partial charge on any atom is 0.303 e. The Kier molecular flexibility index (Phi) is 6.57. The summed E-state index contributed by atoms with van der Waals surface area (Å²) in [4.78, 5) is 26.3. The standard InChI is InChI=1S/C15H21NO3S2/c17-14(11-20-10-13-5-3-9-21-13)16-8-2-1-4-12(16)6-7-15(18)19/h3,5,9,12H,1-2,4,6-8,10-11H2,(H,18,19). The largest absolute Gasteiger partial charge is 0.481 e. The molecule has 1 saturated heterocycles. The molecular formula is C15H21NO3S2. The molecule has 0 radical (unpaired) electrons. The van der Waals surface area contributed by atoms with E-state index in [2.05, 4.69) is 6.07 Å². The number of aliphatic carboxylic acids is 1. The first-order chi connectivity index (χ1) is 10.2. The number of carbonyl (C=O) groups excluding carboxylic acids is 1. The zero-order valence-electron chi connectivity index (χ0n) is 12.0. The van der Waals surface area contributed by atoms with Crippen LogP contribution in [0.2, 0.25) is 0 Å². The molecule has 1 aromatic heterocycles. The van der Waals surface area contributed by atoms with Crippen molar-refractivity contribution in [2.75, 3.05) is 12.3 Å². The van der Waals surface area contributed by atoms with Crippen LogP contribution in [0.15, 0.2) is 17.5 Å². The Hall–Kier alpha value is -1.01. The molecule has 6 heteroatoms. The molecule has 0 aromatic carbocycles. The summed E-state index contributed by atoms with van der Waals surface area (Å²) in [5.74, 6) is 0.741. The number of piperidine rings is 1. The normalized spacial score (nSPS) is 18.7. The third-order valence-corrected chi connectivity index (χ3v) is 5.71. The van der Waals surface area contributed by atoms with Gasteiger partial charge in [-0.25, -0.2) is 0 Å². The van der Waals surface area contributed by atoms with E-state index in [4.69, 9.17) is 5.11 Å². The van der Waals surface area contributed by atoms with Gasteiger partial charge in [0.2, 0.25) is 5.91 Å². The highest BCUT2D eigenvalue weighted by molar-refractivity contribution is 7.99. The monoisotopic (exact) mass is 327 g/mol. The van der Waals surface area contributed by atoms with E-state index in [1.54, 1.807) is 23.1 Å². The van der Waals surface area contributed by atoms with Crippen LogP contribution in [0.25, 0.3) is 0 Å². The van der Waals surface area contributed by atoms with Crippen molar-refractivity contribution >= 4 is 35.0 Å². The third kappa shape index (κ3) is 5.36. The molecule has 116 valence electrons. The molecule has 0 spiro atoms. The fourth-order valence-electron chi connectivity index (χ4n) is 2.64. The Morgan fingerprint density at radius 2 is 2.29 bits per heavy atom. The number of likely N-dealkylation sites (tertiary alicyclic amines) is 1. The SMILES string of the molecule is O=C(O)CCC1CCCCN1C(=O)CSCc1cccs1. The van der Waals surface area contributed by atoms with Gasteiger partial charge >= 0.3 is 5.97 Å². The first-order valence-electron chi connectivity index (χ1n) is 7.28. The molecule has 1 N–H and O–H groups in total. The van der Waals surface area contributed by atoms with Gasteiger partial charge in [0.15, 0.2) is 0 Å². The van der Waals surface area contributed by atoms with Gasteiger partial charge in [-0.2, -0.15) is 0 Å². The van der Waals surface area contributed by atoms with E-state index in [1.807, 2.05) is 16.3 Å². The van der Waals surface area contributed by atoms with E-state index in [-0.39, 0.29) is 18.4 Å². The van der Waals surface area contributed by atoms with E-state index >= 15 is 0 Å². The Labute approximate surface area is 133 Å². The third-order valence-electron chi connectivity index (χ3n) is 3.69. The van der Waals surface area contributed by atoms with Crippen LogP contribution in [-0.2, 0) is 15.3 Å². The van der Waals surface area contributed by atoms with Crippen molar-refractivity contribution in [3.05, 3.63) is 22.4 Å². The highest BCUT2D eigenvalue weighted by Crippen LogP contribution is 2.23. The summed E-state index contributed by atoms with van der Waals surface area (Å²) in [5, 5.41) is 10.9. The molecule has 1 aliphatic rings. The second-order valence-electron chi connectivity index (χ2n) is 5.24. The number of nitrogens with zero attached hydrogens (tertiary/aromatic N) is 1. The minimum Gasteiger partial charge on any atom is -0.481 e. The van der Waals surface area contributed by atoms with Gasteiger partial charge in [0, 0.05) is 29.6 Å². The van der Waals surface area contributed by atoms with Gasteiger partial charge in [-0.05, 0) is 37.1 Å². The van der Waals surface area contributed by atoms with Crippen molar-refractivity contribution in [1.29, 1.82) is 0 Å². The molecule has 0 bridgehead atoms. The zero-order valence-corrected chi connectivity index (χ0v) is 13.6. The van der Waals surface area contributed by atoms with Crippen molar-refractivity contribution in [1.82, 2.24) is 4.90 Å². The number of thioether (sulfide) groups is 1. The molecule has 1 aliphatic heterocycles. The summed E-state index contributed by atoms with van der Waals surface area (Å²) in [6.45, 7) is 0.780. The molecule has 0 saturated carbocycles. The van der Waals surface area contributed by atoms with Crippen molar-refractivity contribution in [2.24, 2.45) is 0 Å². The Morgan fingerprint density at radius 1 is 1.43 bits per heavy atom. The van der Waals surface area contributed by atoms with Gasteiger partial charge in [0.1, 0.15) is 0 Å². The van der Waals surface area contributed by atoms with E-state index in [1.165, 1.54) is 4.88 Å². The summed E-state index contributed by atoms with van der Waals surface area (Å²) in [5.41, 5.74) is 0. The molecule has 1 aromatic rings. The number of carboxylic acid groups (broad SMARTS) is 1. The molecule has 1 amide bonds. The first-order valence-corrected chi connectivity index (χ1v) is 9.31. The number of carbonyl (C=O) groups is 2. The van der Waals surface area contributed by atoms with Crippen molar-refractivity contribution in [2.45, 2.75) is 43.9 Å². The van der Waals surface area contributed by atoms with E-state index in [9.17, 15) is 9.59 Å².